The minimum Gasteiger partial charge on any atom is -0.385 e. The second kappa shape index (κ2) is 10.2. The maximum atomic E-state index is 13.0. The van der Waals surface area contributed by atoms with Crippen molar-refractivity contribution in [2.75, 3.05) is 18.5 Å². The Morgan fingerprint density at radius 3 is 2.87 bits per heavy atom. The van der Waals surface area contributed by atoms with Gasteiger partial charge in [-0.15, -0.1) is 0 Å². The van der Waals surface area contributed by atoms with E-state index in [0.717, 1.165) is 48.1 Å². The molecule has 1 saturated heterocycles. The number of hydrogen-bond acceptors (Lipinski definition) is 6. The van der Waals surface area contributed by atoms with E-state index >= 15 is 0 Å². The number of rotatable bonds is 7. The van der Waals surface area contributed by atoms with Crippen LogP contribution in [0.25, 0.3) is 11.8 Å². The molecule has 2 N–H and O–H groups in total. The predicted molar refractivity (Wildman–Crippen MR) is 120 cm³/mol. The molecule has 2 aromatic heterocycles. The van der Waals surface area contributed by atoms with Crippen molar-refractivity contribution in [3.8, 4) is 0 Å². The molecule has 0 aliphatic carbocycles. The van der Waals surface area contributed by atoms with Crippen molar-refractivity contribution in [2.24, 2.45) is 7.05 Å². The third kappa shape index (κ3) is 5.36. The molecule has 30 heavy (non-hydrogen) atoms. The third-order valence-corrected chi connectivity index (χ3v) is 5.41. The number of allylic oxidation sites excluding steroid dienone is 2. The van der Waals surface area contributed by atoms with Gasteiger partial charge in [0.1, 0.15) is 5.82 Å². The first-order valence-electron chi connectivity index (χ1n) is 10.5. The van der Waals surface area contributed by atoms with Gasteiger partial charge in [0.25, 0.3) is 5.56 Å². The second-order valence-electron chi connectivity index (χ2n) is 7.61. The summed E-state index contributed by atoms with van der Waals surface area (Å²) in [7, 11) is 1.77. The zero-order valence-corrected chi connectivity index (χ0v) is 18.2. The summed E-state index contributed by atoms with van der Waals surface area (Å²) in [6.07, 6.45) is 12.0. The van der Waals surface area contributed by atoms with Crippen molar-refractivity contribution in [1.82, 2.24) is 19.9 Å². The smallest absolute Gasteiger partial charge is 0.259 e. The molecular weight excluding hydrogens is 378 g/mol. The summed E-state index contributed by atoms with van der Waals surface area (Å²) in [6.45, 7) is 7.65. The van der Waals surface area contributed by atoms with Gasteiger partial charge in [0, 0.05) is 50.2 Å². The average molecular weight is 410 g/mol. The van der Waals surface area contributed by atoms with E-state index in [9.17, 15) is 4.79 Å². The molecule has 0 aromatic carbocycles. The van der Waals surface area contributed by atoms with Crippen molar-refractivity contribution >= 4 is 17.6 Å². The summed E-state index contributed by atoms with van der Waals surface area (Å²) in [5.41, 5.74) is 2.90. The van der Waals surface area contributed by atoms with Gasteiger partial charge >= 0.3 is 0 Å². The van der Waals surface area contributed by atoms with Crippen LogP contribution in [0.15, 0.2) is 46.9 Å². The summed E-state index contributed by atoms with van der Waals surface area (Å²) < 4.78 is 7.31. The van der Waals surface area contributed by atoms with E-state index in [2.05, 4.69) is 34.4 Å². The van der Waals surface area contributed by atoms with Crippen LogP contribution in [-0.4, -0.2) is 33.8 Å². The Balaban J connectivity index is 2.06. The molecule has 0 spiro atoms. The number of hydrogen-bond donors (Lipinski definition) is 2. The van der Waals surface area contributed by atoms with E-state index in [-0.39, 0.29) is 11.7 Å². The van der Waals surface area contributed by atoms with Crippen molar-refractivity contribution < 1.29 is 4.74 Å². The molecule has 0 radical (unpaired) electrons. The number of ether oxygens (including phenoxy) is 1. The highest BCUT2D eigenvalue weighted by molar-refractivity contribution is 5.59. The average Bonchev–Trinajstić information content (AvgIpc) is 3.28. The molecule has 7 nitrogen and oxygen atoms in total. The van der Waals surface area contributed by atoms with Crippen molar-refractivity contribution in [2.45, 2.75) is 46.1 Å². The Hall–Kier alpha value is -2.93. The molecule has 0 saturated carbocycles. The van der Waals surface area contributed by atoms with Crippen LogP contribution in [0.3, 0.4) is 0 Å². The normalized spacial score (nSPS) is 18.8. The third-order valence-electron chi connectivity index (χ3n) is 5.41. The molecule has 160 valence electrons. The molecule has 0 bridgehead atoms. The Morgan fingerprint density at radius 1 is 1.37 bits per heavy atom. The lowest BCUT2D eigenvalue weighted by molar-refractivity contribution is 0.113. The van der Waals surface area contributed by atoms with Gasteiger partial charge in [-0.1, -0.05) is 12.5 Å². The summed E-state index contributed by atoms with van der Waals surface area (Å²) in [5, 5.41) is 8.29. The molecule has 3 rings (SSSR count). The summed E-state index contributed by atoms with van der Waals surface area (Å²) >= 11 is 0. The molecule has 1 aliphatic rings. The fourth-order valence-corrected chi connectivity index (χ4v) is 3.41. The number of nitrogens with zero attached hydrogens (tertiary/aromatic N) is 3. The minimum absolute atomic E-state index is 0.0332. The molecule has 0 amide bonds. The van der Waals surface area contributed by atoms with Crippen LogP contribution in [0, 0.1) is 0 Å². The van der Waals surface area contributed by atoms with Gasteiger partial charge in [0.05, 0.1) is 17.5 Å². The van der Waals surface area contributed by atoms with Gasteiger partial charge in [-0.2, -0.15) is 0 Å². The lowest BCUT2D eigenvalue weighted by Gasteiger charge is -2.13. The zero-order valence-electron chi connectivity index (χ0n) is 18.2. The fourth-order valence-electron chi connectivity index (χ4n) is 3.41. The molecule has 1 fully saturated rings. The SMILES string of the molecule is CC/C(C)=C(/C=c1/ccn(C)c(=O)/c1=C(/C)NCC1CCCO1)Nc1cnccn1. The first kappa shape index (κ1) is 21.8. The zero-order chi connectivity index (χ0) is 21.5. The first-order chi connectivity index (χ1) is 14.5. The Bertz CT molecular complexity index is 1070. The molecule has 7 heteroatoms. The van der Waals surface area contributed by atoms with Crippen molar-refractivity contribution in [3.05, 3.63) is 62.9 Å². The molecule has 1 aliphatic heterocycles. The highest BCUT2D eigenvalue weighted by Crippen LogP contribution is 2.13. The standard InChI is InChI=1S/C23H31N5O2/c1-5-16(2)20(27-21-15-24-9-10-25-21)13-18-8-11-28(4)23(29)22(18)17(3)26-14-19-7-6-12-30-19/h8-11,13,15,19,26H,5-7,12,14H2,1-4H3,(H,25,27)/b18-13-,20-16-,22-17-. The lowest BCUT2D eigenvalue weighted by atomic mass is 10.1. The largest absolute Gasteiger partial charge is 0.385 e. The van der Waals surface area contributed by atoms with Crippen LogP contribution in [0.1, 0.15) is 40.0 Å². The quantitative estimate of drug-likeness (QED) is 0.724. The molecule has 2 aromatic rings. The predicted octanol–water partition coefficient (Wildman–Crippen LogP) is 1.65. The second-order valence-corrected chi connectivity index (χ2v) is 7.61. The van der Waals surface area contributed by atoms with Crippen LogP contribution in [0.5, 0.6) is 0 Å². The number of nitrogens with one attached hydrogen (secondary N) is 2. The number of aromatic nitrogens is 3. The van der Waals surface area contributed by atoms with E-state index in [4.69, 9.17) is 4.74 Å². The summed E-state index contributed by atoms with van der Waals surface area (Å²) in [6, 6.07) is 1.97. The maximum absolute atomic E-state index is 13.0. The van der Waals surface area contributed by atoms with Gasteiger partial charge < -0.3 is 19.9 Å². The first-order valence-corrected chi connectivity index (χ1v) is 10.5. The van der Waals surface area contributed by atoms with Gasteiger partial charge in [-0.3, -0.25) is 9.78 Å². The minimum atomic E-state index is -0.0332. The maximum Gasteiger partial charge on any atom is 0.259 e. The summed E-state index contributed by atoms with van der Waals surface area (Å²) in [5.74, 6) is 0.666. The van der Waals surface area contributed by atoms with E-state index < -0.39 is 0 Å². The van der Waals surface area contributed by atoms with E-state index in [1.807, 2.05) is 19.1 Å². The van der Waals surface area contributed by atoms with E-state index in [1.54, 1.807) is 36.4 Å². The van der Waals surface area contributed by atoms with Gasteiger partial charge in [-0.05, 0) is 50.5 Å². The summed E-state index contributed by atoms with van der Waals surface area (Å²) in [4.78, 5) is 21.4. The highest BCUT2D eigenvalue weighted by atomic mass is 16.5. The van der Waals surface area contributed by atoms with Gasteiger partial charge in [0.15, 0.2) is 0 Å². The lowest BCUT2D eigenvalue weighted by Crippen LogP contribution is -2.47. The molecule has 1 unspecified atom stereocenters. The molecular formula is C23H31N5O2. The van der Waals surface area contributed by atoms with E-state index in [0.29, 0.717) is 17.6 Å². The topological polar surface area (TPSA) is 81.1 Å². The van der Waals surface area contributed by atoms with Crippen molar-refractivity contribution in [1.29, 1.82) is 0 Å². The Labute approximate surface area is 177 Å². The Kier molecular flexibility index (Phi) is 7.41. The number of anilines is 1. The van der Waals surface area contributed by atoms with E-state index in [1.165, 1.54) is 0 Å². The number of aryl methyl sites for hydroxylation is 1. The van der Waals surface area contributed by atoms with Crippen LogP contribution in [0.2, 0.25) is 0 Å². The van der Waals surface area contributed by atoms with Crippen LogP contribution in [-0.2, 0) is 11.8 Å². The van der Waals surface area contributed by atoms with Crippen LogP contribution in [0.4, 0.5) is 5.82 Å². The number of pyridine rings is 1. The molecule has 3 heterocycles. The van der Waals surface area contributed by atoms with Crippen molar-refractivity contribution in [3.63, 3.8) is 0 Å². The fraction of sp³-hybridized carbons (Fsp3) is 0.435. The monoisotopic (exact) mass is 409 g/mol. The Morgan fingerprint density at radius 2 is 2.20 bits per heavy atom. The van der Waals surface area contributed by atoms with Crippen LogP contribution >= 0.6 is 0 Å². The van der Waals surface area contributed by atoms with Gasteiger partial charge in [0.2, 0.25) is 0 Å². The van der Waals surface area contributed by atoms with Gasteiger partial charge in [-0.25, -0.2) is 4.98 Å². The molecule has 1 atom stereocenters. The van der Waals surface area contributed by atoms with Crippen LogP contribution < -0.4 is 26.6 Å². The highest BCUT2D eigenvalue weighted by Gasteiger charge is 2.15.